The monoisotopic (exact) mass is 290 g/mol. The minimum absolute atomic E-state index is 0.805. The van der Waals surface area contributed by atoms with Crippen molar-refractivity contribution in [2.75, 3.05) is 18.0 Å². The van der Waals surface area contributed by atoms with Crippen molar-refractivity contribution in [1.29, 1.82) is 0 Å². The fraction of sp³-hybridized carbons (Fsp3) is 0.400. The van der Waals surface area contributed by atoms with Crippen LogP contribution in [0.3, 0.4) is 0 Å². The molecule has 19 heavy (non-hydrogen) atoms. The normalized spacial score (nSPS) is 17.4. The summed E-state index contributed by atoms with van der Waals surface area (Å²) in [7, 11) is 0. The lowest BCUT2D eigenvalue weighted by molar-refractivity contribution is 0.577. The van der Waals surface area contributed by atoms with E-state index in [-0.39, 0.29) is 0 Å². The van der Waals surface area contributed by atoms with Crippen LogP contribution in [0, 0.1) is 0 Å². The molecule has 0 saturated carbocycles. The number of anilines is 1. The first kappa shape index (κ1) is 11.7. The lowest BCUT2D eigenvalue weighted by Gasteiger charge is -2.25. The Labute approximate surface area is 122 Å². The van der Waals surface area contributed by atoms with Crippen molar-refractivity contribution in [1.82, 2.24) is 4.98 Å². The lowest BCUT2D eigenvalue weighted by Crippen LogP contribution is -2.29. The number of rotatable bonds is 1. The molecule has 0 radical (unpaired) electrons. The van der Waals surface area contributed by atoms with Gasteiger partial charge in [-0.05, 0) is 37.0 Å². The van der Waals surface area contributed by atoms with Gasteiger partial charge in [0.1, 0.15) is 0 Å². The van der Waals surface area contributed by atoms with Crippen molar-refractivity contribution in [3.8, 4) is 11.3 Å². The highest BCUT2D eigenvalue weighted by molar-refractivity contribution is 7.16. The minimum Gasteiger partial charge on any atom is -0.348 e. The van der Waals surface area contributed by atoms with Gasteiger partial charge in [0, 0.05) is 35.0 Å². The number of hydrogen-bond acceptors (Lipinski definition) is 3. The summed E-state index contributed by atoms with van der Waals surface area (Å²) in [6, 6.07) is 6.16. The van der Waals surface area contributed by atoms with E-state index in [2.05, 4.69) is 17.0 Å². The number of piperidine rings is 1. The molecule has 0 amide bonds. The van der Waals surface area contributed by atoms with Gasteiger partial charge in [0.25, 0.3) is 0 Å². The first-order chi connectivity index (χ1) is 9.31. The standard InChI is InChI=1S/C15H15ClN2S/c16-11-5-4-10-8-13-14(12(10)9-11)17-15(19-13)18-6-2-1-3-7-18/h4-5,9H,1-3,6-8H2. The molecular formula is C15H15ClN2S. The molecule has 0 spiro atoms. The molecule has 2 aromatic rings. The van der Waals surface area contributed by atoms with Crippen molar-refractivity contribution < 1.29 is 0 Å². The number of nitrogens with zero attached hydrogens (tertiary/aromatic N) is 2. The van der Waals surface area contributed by atoms with Gasteiger partial charge >= 0.3 is 0 Å². The van der Waals surface area contributed by atoms with Crippen LogP contribution in [-0.4, -0.2) is 18.1 Å². The summed E-state index contributed by atoms with van der Waals surface area (Å²) in [5, 5.41) is 2.01. The second kappa shape index (κ2) is 4.50. The number of halogens is 1. The molecule has 1 aliphatic carbocycles. The molecule has 2 aliphatic rings. The quantitative estimate of drug-likeness (QED) is 0.662. The second-order valence-electron chi connectivity index (χ2n) is 5.29. The summed E-state index contributed by atoms with van der Waals surface area (Å²) in [5.41, 5.74) is 3.77. The Hall–Kier alpha value is -1.06. The molecule has 0 atom stereocenters. The summed E-state index contributed by atoms with van der Waals surface area (Å²) in [4.78, 5) is 8.72. The van der Waals surface area contributed by atoms with E-state index >= 15 is 0 Å². The molecule has 1 aromatic heterocycles. The van der Waals surface area contributed by atoms with Gasteiger partial charge < -0.3 is 4.90 Å². The van der Waals surface area contributed by atoms with Gasteiger partial charge in [-0.25, -0.2) is 4.98 Å². The van der Waals surface area contributed by atoms with Crippen molar-refractivity contribution in [3.63, 3.8) is 0 Å². The maximum Gasteiger partial charge on any atom is 0.186 e. The Morgan fingerprint density at radius 1 is 1.16 bits per heavy atom. The third kappa shape index (κ3) is 1.96. The van der Waals surface area contributed by atoms with E-state index in [4.69, 9.17) is 16.6 Å². The molecule has 0 bridgehead atoms. The minimum atomic E-state index is 0.805. The van der Waals surface area contributed by atoms with Crippen LogP contribution in [0.2, 0.25) is 5.02 Å². The number of hydrogen-bond donors (Lipinski definition) is 0. The van der Waals surface area contributed by atoms with Gasteiger partial charge in [-0.15, -0.1) is 11.3 Å². The summed E-state index contributed by atoms with van der Waals surface area (Å²) in [5.74, 6) is 0. The van der Waals surface area contributed by atoms with Gasteiger partial charge in [0.05, 0.1) is 5.69 Å². The average molecular weight is 291 g/mol. The number of aromatic nitrogens is 1. The van der Waals surface area contributed by atoms with Crippen molar-refractivity contribution in [2.24, 2.45) is 0 Å². The van der Waals surface area contributed by atoms with E-state index in [1.54, 1.807) is 0 Å². The van der Waals surface area contributed by atoms with Gasteiger partial charge in [0.15, 0.2) is 5.13 Å². The molecule has 0 unspecified atom stereocenters. The van der Waals surface area contributed by atoms with Crippen LogP contribution in [0.5, 0.6) is 0 Å². The molecule has 0 N–H and O–H groups in total. The highest BCUT2D eigenvalue weighted by Crippen LogP contribution is 2.43. The Balaban J connectivity index is 1.72. The summed E-state index contributed by atoms with van der Waals surface area (Å²) in [6.45, 7) is 2.32. The molecule has 1 fully saturated rings. The Bertz CT molecular complexity index is 629. The van der Waals surface area contributed by atoms with Crippen molar-refractivity contribution >= 4 is 28.1 Å². The third-order valence-corrected chi connectivity index (χ3v) is 5.34. The largest absolute Gasteiger partial charge is 0.348 e. The smallest absolute Gasteiger partial charge is 0.186 e. The first-order valence-corrected chi connectivity index (χ1v) is 8.04. The second-order valence-corrected chi connectivity index (χ2v) is 6.79. The van der Waals surface area contributed by atoms with Crippen LogP contribution in [0.4, 0.5) is 5.13 Å². The zero-order valence-electron chi connectivity index (χ0n) is 10.7. The van der Waals surface area contributed by atoms with Crippen molar-refractivity contribution in [2.45, 2.75) is 25.7 Å². The molecule has 2 nitrogen and oxygen atoms in total. The molecule has 2 heterocycles. The van der Waals surface area contributed by atoms with E-state index < -0.39 is 0 Å². The lowest BCUT2D eigenvalue weighted by atomic mass is 10.1. The zero-order valence-corrected chi connectivity index (χ0v) is 12.2. The molecule has 1 aromatic carbocycles. The molecule has 1 saturated heterocycles. The average Bonchev–Trinajstić information content (AvgIpc) is 2.98. The van der Waals surface area contributed by atoms with Crippen LogP contribution < -0.4 is 4.90 Å². The predicted octanol–water partition coefficient (Wildman–Crippen LogP) is 4.36. The Kier molecular flexibility index (Phi) is 2.78. The van der Waals surface area contributed by atoms with Crippen LogP contribution in [0.25, 0.3) is 11.3 Å². The van der Waals surface area contributed by atoms with E-state index in [1.807, 2.05) is 17.4 Å². The van der Waals surface area contributed by atoms with E-state index in [0.717, 1.165) is 24.5 Å². The van der Waals surface area contributed by atoms with E-state index in [0.29, 0.717) is 0 Å². The predicted molar refractivity (Wildman–Crippen MR) is 81.4 cm³/mol. The summed E-state index contributed by atoms with van der Waals surface area (Å²) in [6.07, 6.45) is 4.98. The van der Waals surface area contributed by atoms with Gasteiger partial charge in [-0.3, -0.25) is 0 Å². The Morgan fingerprint density at radius 2 is 2.00 bits per heavy atom. The first-order valence-electron chi connectivity index (χ1n) is 6.85. The number of thiazole rings is 1. The Morgan fingerprint density at radius 3 is 2.84 bits per heavy atom. The van der Waals surface area contributed by atoms with Gasteiger partial charge in [0.2, 0.25) is 0 Å². The summed E-state index contributed by atoms with van der Waals surface area (Å²) >= 11 is 7.97. The maximum atomic E-state index is 6.11. The van der Waals surface area contributed by atoms with Crippen LogP contribution in [0.15, 0.2) is 18.2 Å². The molecular weight excluding hydrogens is 276 g/mol. The number of benzene rings is 1. The van der Waals surface area contributed by atoms with Crippen molar-refractivity contribution in [3.05, 3.63) is 33.7 Å². The molecule has 4 rings (SSSR count). The topological polar surface area (TPSA) is 16.1 Å². The maximum absolute atomic E-state index is 6.11. The summed E-state index contributed by atoms with van der Waals surface area (Å²) < 4.78 is 0. The third-order valence-electron chi connectivity index (χ3n) is 3.99. The highest BCUT2D eigenvalue weighted by Gasteiger charge is 2.25. The van der Waals surface area contributed by atoms with Crippen LogP contribution in [0.1, 0.15) is 29.7 Å². The zero-order chi connectivity index (χ0) is 12.8. The molecule has 1 aliphatic heterocycles. The van der Waals surface area contributed by atoms with E-state index in [9.17, 15) is 0 Å². The number of fused-ring (bicyclic) bond motifs is 3. The van der Waals surface area contributed by atoms with Crippen LogP contribution >= 0.6 is 22.9 Å². The molecule has 98 valence electrons. The van der Waals surface area contributed by atoms with Gasteiger partial charge in [-0.2, -0.15) is 0 Å². The van der Waals surface area contributed by atoms with Crippen LogP contribution in [-0.2, 0) is 6.42 Å². The van der Waals surface area contributed by atoms with E-state index in [1.165, 1.54) is 46.1 Å². The molecule has 4 heteroatoms. The fourth-order valence-corrected chi connectivity index (χ4v) is 4.31. The SMILES string of the molecule is Clc1ccc2c(c1)-c1nc(N3CCCCC3)sc1C2. The highest BCUT2D eigenvalue weighted by atomic mass is 35.5. The van der Waals surface area contributed by atoms with Gasteiger partial charge in [-0.1, -0.05) is 17.7 Å². The fourth-order valence-electron chi connectivity index (χ4n) is 2.99.